The highest BCUT2D eigenvalue weighted by Crippen LogP contribution is 2.18. The summed E-state index contributed by atoms with van der Waals surface area (Å²) >= 11 is 1.72. The SMILES string of the molecule is CCC(C)N(CC(=O)Nc1cccc(C)c1C)C(=O)CCCc1cccs1. The molecule has 0 saturated carbocycles. The summed E-state index contributed by atoms with van der Waals surface area (Å²) in [5.41, 5.74) is 3.01. The van der Waals surface area contributed by atoms with Crippen LogP contribution >= 0.6 is 11.3 Å². The van der Waals surface area contributed by atoms with Gasteiger partial charge in [-0.2, -0.15) is 0 Å². The normalized spacial score (nSPS) is 11.9. The van der Waals surface area contributed by atoms with Gasteiger partial charge >= 0.3 is 0 Å². The lowest BCUT2D eigenvalue weighted by atomic mass is 10.1. The molecule has 146 valence electrons. The third-order valence-electron chi connectivity index (χ3n) is 5.03. The molecule has 0 spiro atoms. The van der Waals surface area contributed by atoms with Gasteiger partial charge < -0.3 is 10.2 Å². The molecular formula is C22H30N2O2S. The lowest BCUT2D eigenvalue weighted by Crippen LogP contribution is -2.43. The number of amides is 2. The second kappa shape index (κ2) is 10.3. The number of rotatable bonds is 9. The van der Waals surface area contributed by atoms with Crippen LogP contribution in [0.3, 0.4) is 0 Å². The van der Waals surface area contributed by atoms with Crippen molar-refractivity contribution in [3.63, 3.8) is 0 Å². The maximum atomic E-state index is 12.7. The Hall–Kier alpha value is -2.14. The third kappa shape index (κ3) is 6.21. The molecule has 27 heavy (non-hydrogen) atoms. The van der Waals surface area contributed by atoms with Gasteiger partial charge in [0.1, 0.15) is 6.54 Å². The molecule has 2 amide bonds. The molecule has 1 atom stereocenters. The number of carbonyl (C=O) groups is 2. The Morgan fingerprint density at radius 3 is 2.63 bits per heavy atom. The van der Waals surface area contributed by atoms with Gasteiger partial charge in [0.05, 0.1) is 0 Å². The summed E-state index contributed by atoms with van der Waals surface area (Å²) in [6.45, 7) is 8.16. The van der Waals surface area contributed by atoms with E-state index in [0.29, 0.717) is 6.42 Å². The number of benzene rings is 1. The fourth-order valence-corrected chi connectivity index (χ4v) is 3.70. The van der Waals surface area contributed by atoms with Crippen LogP contribution in [0.4, 0.5) is 5.69 Å². The van der Waals surface area contributed by atoms with Gasteiger partial charge in [-0.3, -0.25) is 9.59 Å². The van der Waals surface area contributed by atoms with E-state index in [1.807, 2.05) is 52.0 Å². The fourth-order valence-electron chi connectivity index (χ4n) is 2.95. The third-order valence-corrected chi connectivity index (χ3v) is 5.97. The molecule has 1 N–H and O–H groups in total. The first-order valence-electron chi connectivity index (χ1n) is 9.60. The molecule has 1 aromatic heterocycles. The summed E-state index contributed by atoms with van der Waals surface area (Å²) in [7, 11) is 0. The van der Waals surface area contributed by atoms with Crippen molar-refractivity contribution in [3.8, 4) is 0 Å². The van der Waals surface area contributed by atoms with Gasteiger partial charge in [-0.05, 0) is 68.7 Å². The molecular weight excluding hydrogens is 356 g/mol. The van der Waals surface area contributed by atoms with Crippen molar-refractivity contribution in [3.05, 3.63) is 51.7 Å². The van der Waals surface area contributed by atoms with E-state index in [-0.39, 0.29) is 24.4 Å². The molecule has 2 aromatic rings. The van der Waals surface area contributed by atoms with Gasteiger partial charge in [0, 0.05) is 23.0 Å². The van der Waals surface area contributed by atoms with E-state index in [4.69, 9.17) is 0 Å². The molecule has 0 fully saturated rings. The number of aryl methyl sites for hydroxylation is 2. The Kier molecular flexibility index (Phi) is 8.04. The molecule has 0 aliphatic carbocycles. The quantitative estimate of drug-likeness (QED) is 0.663. The summed E-state index contributed by atoms with van der Waals surface area (Å²) in [5.74, 6) is -0.0902. The van der Waals surface area contributed by atoms with Gasteiger partial charge in [0.15, 0.2) is 0 Å². The monoisotopic (exact) mass is 386 g/mol. The molecule has 4 nitrogen and oxygen atoms in total. The Bertz CT molecular complexity index is 756. The predicted molar refractivity (Wildman–Crippen MR) is 113 cm³/mol. The zero-order chi connectivity index (χ0) is 19.8. The van der Waals surface area contributed by atoms with E-state index in [2.05, 4.69) is 16.8 Å². The summed E-state index contributed by atoms with van der Waals surface area (Å²) in [4.78, 5) is 28.3. The minimum absolute atomic E-state index is 0.0450. The van der Waals surface area contributed by atoms with Gasteiger partial charge in [-0.1, -0.05) is 25.1 Å². The van der Waals surface area contributed by atoms with Crippen LogP contribution < -0.4 is 5.32 Å². The zero-order valence-electron chi connectivity index (χ0n) is 16.7. The molecule has 1 unspecified atom stereocenters. The summed E-state index contributed by atoms with van der Waals surface area (Å²) in [6, 6.07) is 10.0. The highest BCUT2D eigenvalue weighted by Gasteiger charge is 2.21. The van der Waals surface area contributed by atoms with Gasteiger partial charge in [-0.15, -0.1) is 11.3 Å². The van der Waals surface area contributed by atoms with Crippen LogP contribution in [0.2, 0.25) is 0 Å². The van der Waals surface area contributed by atoms with E-state index in [9.17, 15) is 9.59 Å². The number of anilines is 1. The average Bonchev–Trinajstić information content (AvgIpc) is 3.16. The lowest BCUT2D eigenvalue weighted by molar-refractivity contribution is -0.136. The highest BCUT2D eigenvalue weighted by molar-refractivity contribution is 7.09. The van der Waals surface area contributed by atoms with Crippen LogP contribution in [-0.4, -0.2) is 29.3 Å². The number of nitrogens with one attached hydrogen (secondary N) is 1. The molecule has 1 heterocycles. The topological polar surface area (TPSA) is 49.4 Å². The van der Waals surface area contributed by atoms with Crippen molar-refractivity contribution in [1.82, 2.24) is 4.90 Å². The summed E-state index contributed by atoms with van der Waals surface area (Å²) < 4.78 is 0. The second-order valence-corrected chi connectivity index (χ2v) is 8.04. The van der Waals surface area contributed by atoms with E-state index in [0.717, 1.165) is 36.1 Å². The smallest absolute Gasteiger partial charge is 0.244 e. The first kappa shape index (κ1) is 21.2. The minimum Gasteiger partial charge on any atom is -0.331 e. The molecule has 2 rings (SSSR count). The molecule has 0 radical (unpaired) electrons. The molecule has 0 bridgehead atoms. The van der Waals surface area contributed by atoms with Crippen LogP contribution in [0.1, 0.15) is 49.1 Å². The number of nitrogens with zero attached hydrogens (tertiary/aromatic N) is 1. The average molecular weight is 387 g/mol. The van der Waals surface area contributed by atoms with Crippen LogP contribution in [0.25, 0.3) is 0 Å². The maximum absolute atomic E-state index is 12.7. The minimum atomic E-state index is -0.143. The molecule has 5 heteroatoms. The van der Waals surface area contributed by atoms with Crippen molar-refractivity contribution in [2.45, 2.75) is 59.4 Å². The van der Waals surface area contributed by atoms with Crippen molar-refractivity contribution in [2.24, 2.45) is 0 Å². The largest absolute Gasteiger partial charge is 0.331 e. The van der Waals surface area contributed by atoms with Crippen molar-refractivity contribution < 1.29 is 9.59 Å². The Morgan fingerprint density at radius 1 is 1.19 bits per heavy atom. The Labute approximate surface area is 166 Å². The number of hydrogen-bond donors (Lipinski definition) is 1. The summed E-state index contributed by atoms with van der Waals surface area (Å²) in [5, 5.41) is 5.02. The van der Waals surface area contributed by atoms with E-state index in [1.165, 1.54) is 4.88 Å². The van der Waals surface area contributed by atoms with Crippen LogP contribution in [0.5, 0.6) is 0 Å². The number of hydrogen-bond acceptors (Lipinski definition) is 3. The zero-order valence-corrected chi connectivity index (χ0v) is 17.6. The van der Waals surface area contributed by atoms with Crippen LogP contribution in [0, 0.1) is 13.8 Å². The van der Waals surface area contributed by atoms with Crippen LogP contribution in [0.15, 0.2) is 35.7 Å². The number of carbonyl (C=O) groups excluding carboxylic acids is 2. The fraction of sp³-hybridized carbons (Fsp3) is 0.455. The first-order valence-corrected chi connectivity index (χ1v) is 10.5. The molecule has 0 saturated heterocycles. The van der Waals surface area contributed by atoms with Crippen LogP contribution in [-0.2, 0) is 16.0 Å². The lowest BCUT2D eigenvalue weighted by Gasteiger charge is -2.28. The van der Waals surface area contributed by atoms with Crippen molar-refractivity contribution >= 4 is 28.8 Å². The highest BCUT2D eigenvalue weighted by atomic mass is 32.1. The number of thiophene rings is 1. The first-order chi connectivity index (χ1) is 12.9. The molecule has 0 aliphatic heterocycles. The van der Waals surface area contributed by atoms with Gasteiger partial charge in [0.2, 0.25) is 11.8 Å². The Balaban J connectivity index is 1.95. The standard InChI is InChI=1S/C22H30N2O2S/c1-5-17(3)24(22(26)13-7-10-19-11-8-14-27-19)15-21(25)23-20-12-6-9-16(2)18(20)4/h6,8-9,11-12,14,17H,5,7,10,13,15H2,1-4H3,(H,23,25). The van der Waals surface area contributed by atoms with E-state index < -0.39 is 0 Å². The van der Waals surface area contributed by atoms with Gasteiger partial charge in [-0.25, -0.2) is 0 Å². The van der Waals surface area contributed by atoms with E-state index >= 15 is 0 Å². The second-order valence-electron chi connectivity index (χ2n) is 7.01. The Morgan fingerprint density at radius 2 is 1.96 bits per heavy atom. The molecule has 0 aliphatic rings. The molecule has 1 aromatic carbocycles. The van der Waals surface area contributed by atoms with Crippen molar-refractivity contribution in [1.29, 1.82) is 0 Å². The summed E-state index contributed by atoms with van der Waals surface area (Å²) in [6.07, 6.45) is 3.02. The van der Waals surface area contributed by atoms with Crippen molar-refractivity contribution in [2.75, 3.05) is 11.9 Å². The maximum Gasteiger partial charge on any atom is 0.244 e. The predicted octanol–water partition coefficient (Wildman–Crippen LogP) is 4.95. The van der Waals surface area contributed by atoms with E-state index in [1.54, 1.807) is 16.2 Å². The van der Waals surface area contributed by atoms with Gasteiger partial charge in [0.25, 0.3) is 0 Å².